The van der Waals surface area contributed by atoms with Gasteiger partial charge < -0.3 is 14.7 Å². The number of piperidine rings is 1. The van der Waals surface area contributed by atoms with Gasteiger partial charge in [0.15, 0.2) is 6.19 Å². The molecule has 1 saturated heterocycles. The number of aliphatic imine (C=N–C) groups is 1. The van der Waals surface area contributed by atoms with E-state index in [9.17, 15) is 9.65 Å². The van der Waals surface area contributed by atoms with Crippen LogP contribution < -0.4 is 15.1 Å². The van der Waals surface area contributed by atoms with E-state index in [1.807, 2.05) is 19.2 Å². The Morgan fingerprint density at radius 2 is 1.94 bits per heavy atom. The van der Waals surface area contributed by atoms with E-state index in [1.54, 1.807) is 24.1 Å². The van der Waals surface area contributed by atoms with Crippen LogP contribution in [0, 0.1) is 24.2 Å². The lowest BCUT2D eigenvalue weighted by Crippen LogP contribution is -2.43. The van der Waals surface area contributed by atoms with Crippen molar-refractivity contribution in [2.75, 3.05) is 43.5 Å². The molecule has 3 rings (SSSR count). The molecule has 0 amide bonds. The quantitative estimate of drug-likeness (QED) is 0.342. The smallest absolute Gasteiger partial charge is 0.254 e. The van der Waals surface area contributed by atoms with Crippen LogP contribution in [0.1, 0.15) is 25.5 Å². The van der Waals surface area contributed by atoms with E-state index in [0.29, 0.717) is 11.7 Å². The standard InChI is InChI=1S/C22H29FN8/c1-5-31-12-10-19(11-13-31)29(3)20-14-16(2)26-21(27-20)28-22(25-15-24)30(4)18-8-6-17(23)7-9-18/h6-9,14,19H,5,10-13H2,1-4H3,(H,25,26,27,28). The van der Waals surface area contributed by atoms with E-state index in [4.69, 9.17) is 0 Å². The van der Waals surface area contributed by atoms with Gasteiger partial charge in [-0.3, -0.25) is 5.32 Å². The zero-order chi connectivity index (χ0) is 22.4. The normalized spacial score (nSPS) is 15.4. The van der Waals surface area contributed by atoms with E-state index in [1.165, 1.54) is 12.1 Å². The molecule has 9 heteroatoms. The maximum Gasteiger partial charge on any atom is 0.254 e. The number of hydrogen-bond donors (Lipinski definition) is 1. The lowest BCUT2D eigenvalue weighted by molar-refractivity contribution is 0.220. The van der Waals surface area contributed by atoms with Crippen molar-refractivity contribution in [1.29, 1.82) is 5.26 Å². The number of guanidine groups is 1. The fraction of sp³-hybridized carbons (Fsp3) is 0.455. The van der Waals surface area contributed by atoms with Gasteiger partial charge in [-0.1, -0.05) is 6.92 Å². The van der Waals surface area contributed by atoms with Gasteiger partial charge in [0.1, 0.15) is 11.6 Å². The van der Waals surface area contributed by atoms with Crippen molar-refractivity contribution in [2.24, 2.45) is 4.99 Å². The molecule has 1 fully saturated rings. The van der Waals surface area contributed by atoms with Gasteiger partial charge >= 0.3 is 0 Å². The molecule has 0 radical (unpaired) electrons. The molecule has 0 saturated carbocycles. The Kier molecular flexibility index (Phi) is 7.36. The molecule has 1 aliphatic heterocycles. The minimum atomic E-state index is -0.330. The molecule has 0 spiro atoms. The molecule has 2 aromatic rings. The topological polar surface area (TPSA) is 83.7 Å². The fourth-order valence-electron chi connectivity index (χ4n) is 3.70. The molecule has 0 bridgehead atoms. The number of benzene rings is 1. The lowest BCUT2D eigenvalue weighted by atomic mass is 10.0. The van der Waals surface area contributed by atoms with Crippen molar-refractivity contribution in [3.05, 3.63) is 41.8 Å². The Morgan fingerprint density at radius 1 is 1.26 bits per heavy atom. The van der Waals surface area contributed by atoms with Crippen molar-refractivity contribution < 1.29 is 4.39 Å². The molecule has 0 aliphatic carbocycles. The highest BCUT2D eigenvalue weighted by molar-refractivity contribution is 5.97. The first-order chi connectivity index (χ1) is 14.9. The predicted molar refractivity (Wildman–Crippen MR) is 121 cm³/mol. The molecule has 31 heavy (non-hydrogen) atoms. The number of nitrogens with zero attached hydrogens (tertiary/aromatic N) is 7. The van der Waals surface area contributed by atoms with Gasteiger partial charge in [-0.05, 0) is 50.6 Å². The van der Waals surface area contributed by atoms with E-state index in [-0.39, 0.29) is 17.7 Å². The van der Waals surface area contributed by atoms with Crippen LogP contribution in [0.5, 0.6) is 0 Å². The van der Waals surface area contributed by atoms with Crippen LogP contribution in [0.3, 0.4) is 0 Å². The van der Waals surface area contributed by atoms with Crippen LogP contribution in [0.15, 0.2) is 35.3 Å². The molecular formula is C22H29FN8. The molecule has 1 N–H and O–H groups in total. The summed E-state index contributed by atoms with van der Waals surface area (Å²) in [6, 6.07) is 8.30. The zero-order valence-corrected chi connectivity index (χ0v) is 18.5. The van der Waals surface area contributed by atoms with Gasteiger partial charge in [-0.25, -0.2) is 9.37 Å². The largest absolute Gasteiger partial charge is 0.356 e. The number of nitriles is 1. The first-order valence-corrected chi connectivity index (χ1v) is 10.4. The monoisotopic (exact) mass is 424 g/mol. The van der Waals surface area contributed by atoms with Gasteiger partial charge in [0.2, 0.25) is 5.96 Å². The number of aromatic nitrogens is 2. The Labute approximate surface area is 183 Å². The summed E-state index contributed by atoms with van der Waals surface area (Å²) in [5.41, 5.74) is 1.47. The average Bonchev–Trinajstić information content (AvgIpc) is 2.78. The van der Waals surface area contributed by atoms with Crippen LogP contribution in [0.2, 0.25) is 0 Å². The van der Waals surface area contributed by atoms with Gasteiger partial charge in [0.25, 0.3) is 5.95 Å². The Hall–Kier alpha value is -3.25. The lowest BCUT2D eigenvalue weighted by Gasteiger charge is -2.36. The highest BCUT2D eigenvalue weighted by Gasteiger charge is 2.23. The van der Waals surface area contributed by atoms with E-state index >= 15 is 0 Å². The number of halogens is 1. The van der Waals surface area contributed by atoms with Crippen LogP contribution in [-0.4, -0.2) is 60.6 Å². The number of anilines is 2. The minimum Gasteiger partial charge on any atom is -0.356 e. The second kappa shape index (κ2) is 10.2. The van der Waals surface area contributed by atoms with Gasteiger partial charge in [0.05, 0.1) is 0 Å². The Balaban J connectivity index is 1.85. The Bertz CT molecular complexity index is 945. The maximum atomic E-state index is 13.3. The first-order valence-electron chi connectivity index (χ1n) is 10.4. The Morgan fingerprint density at radius 3 is 2.55 bits per heavy atom. The van der Waals surface area contributed by atoms with E-state index < -0.39 is 0 Å². The summed E-state index contributed by atoms with van der Waals surface area (Å²) in [7, 11) is 3.79. The third-order valence-electron chi connectivity index (χ3n) is 5.65. The van der Waals surface area contributed by atoms with E-state index in [0.717, 1.165) is 44.0 Å². The molecule has 0 unspecified atom stereocenters. The summed E-state index contributed by atoms with van der Waals surface area (Å²) in [5.74, 6) is 0.995. The van der Waals surface area contributed by atoms with Crippen molar-refractivity contribution in [3.8, 4) is 6.19 Å². The van der Waals surface area contributed by atoms with Gasteiger partial charge in [-0.15, -0.1) is 0 Å². The third kappa shape index (κ3) is 5.67. The van der Waals surface area contributed by atoms with Crippen molar-refractivity contribution in [1.82, 2.24) is 20.2 Å². The van der Waals surface area contributed by atoms with Crippen LogP contribution in [0.4, 0.5) is 21.8 Å². The molecular weight excluding hydrogens is 395 g/mol. The van der Waals surface area contributed by atoms with Crippen LogP contribution in [-0.2, 0) is 0 Å². The number of aryl methyl sites for hydroxylation is 1. The number of nitrogens with one attached hydrogen (secondary N) is 1. The highest BCUT2D eigenvalue weighted by atomic mass is 19.1. The number of hydrogen-bond acceptors (Lipinski definition) is 6. The SMILES string of the molecule is CCN1CCC(N(C)c2cc(C)nc(/N=C(\NC#N)N(C)c3ccc(F)cc3)n2)CC1. The van der Waals surface area contributed by atoms with Gasteiger partial charge in [0, 0.05) is 50.7 Å². The molecule has 1 aromatic heterocycles. The van der Waals surface area contributed by atoms with Crippen LogP contribution in [0.25, 0.3) is 0 Å². The van der Waals surface area contributed by atoms with Crippen molar-refractivity contribution in [2.45, 2.75) is 32.7 Å². The average molecular weight is 425 g/mol. The second-order valence-corrected chi connectivity index (χ2v) is 7.65. The molecule has 1 aromatic carbocycles. The minimum absolute atomic E-state index is 0.254. The summed E-state index contributed by atoms with van der Waals surface area (Å²) in [4.78, 5) is 19.8. The maximum absolute atomic E-state index is 13.3. The molecule has 0 atom stereocenters. The number of rotatable bonds is 5. The fourth-order valence-corrected chi connectivity index (χ4v) is 3.70. The van der Waals surface area contributed by atoms with Crippen molar-refractivity contribution in [3.63, 3.8) is 0 Å². The summed E-state index contributed by atoms with van der Waals surface area (Å²) in [5, 5.41) is 11.8. The molecule has 1 aliphatic rings. The van der Waals surface area contributed by atoms with Gasteiger partial charge in [-0.2, -0.15) is 15.2 Å². The zero-order valence-electron chi connectivity index (χ0n) is 18.5. The van der Waals surface area contributed by atoms with Crippen molar-refractivity contribution >= 4 is 23.4 Å². The van der Waals surface area contributed by atoms with Crippen LogP contribution >= 0.6 is 0 Å². The number of likely N-dealkylation sites (tertiary alicyclic amines) is 1. The third-order valence-corrected chi connectivity index (χ3v) is 5.65. The summed E-state index contributed by atoms with van der Waals surface area (Å²) in [6.45, 7) is 7.34. The summed E-state index contributed by atoms with van der Waals surface area (Å²) < 4.78 is 13.3. The molecule has 2 heterocycles. The second-order valence-electron chi connectivity index (χ2n) is 7.65. The summed E-state index contributed by atoms with van der Waals surface area (Å²) >= 11 is 0. The van der Waals surface area contributed by atoms with E-state index in [2.05, 4.69) is 44.0 Å². The molecule has 8 nitrogen and oxygen atoms in total. The molecule has 164 valence electrons. The highest BCUT2D eigenvalue weighted by Crippen LogP contribution is 2.23. The first kappa shape index (κ1) is 22.4. The summed E-state index contributed by atoms with van der Waals surface area (Å²) in [6.07, 6.45) is 4.06. The predicted octanol–water partition coefficient (Wildman–Crippen LogP) is 3.04.